The van der Waals surface area contributed by atoms with Crippen molar-refractivity contribution in [3.05, 3.63) is 29.3 Å². The molecule has 1 aromatic carbocycles. The lowest BCUT2D eigenvalue weighted by atomic mass is 9.88. The number of benzene rings is 1. The predicted octanol–water partition coefficient (Wildman–Crippen LogP) is 4.34. The molecule has 0 aromatic heterocycles. The van der Waals surface area contributed by atoms with E-state index in [1.165, 1.54) is 57.8 Å². The first-order chi connectivity index (χ1) is 8.81. The van der Waals surface area contributed by atoms with E-state index in [-0.39, 0.29) is 0 Å². The van der Waals surface area contributed by atoms with E-state index in [0.717, 1.165) is 17.5 Å². The molecule has 2 N–H and O–H groups in total. The van der Waals surface area contributed by atoms with Crippen molar-refractivity contribution >= 4 is 5.69 Å². The van der Waals surface area contributed by atoms with Crippen molar-refractivity contribution in [1.29, 1.82) is 0 Å². The summed E-state index contributed by atoms with van der Waals surface area (Å²) >= 11 is 0. The van der Waals surface area contributed by atoms with Gasteiger partial charge in [0.05, 0.1) is 0 Å². The molecule has 2 aliphatic carbocycles. The predicted molar refractivity (Wildman–Crippen MR) is 77.6 cm³/mol. The number of rotatable bonds is 0. The Morgan fingerprint density at radius 2 is 1.50 bits per heavy atom. The van der Waals surface area contributed by atoms with Crippen molar-refractivity contribution in [2.24, 2.45) is 11.8 Å². The lowest BCUT2D eigenvalue weighted by Gasteiger charge is -2.18. The van der Waals surface area contributed by atoms with Gasteiger partial charge in [-0.25, -0.2) is 0 Å². The van der Waals surface area contributed by atoms with Crippen molar-refractivity contribution in [1.82, 2.24) is 0 Å². The maximum Gasteiger partial charge on any atom is 0.0316 e. The first-order valence-electron chi connectivity index (χ1n) is 7.68. The molecule has 1 nitrogen and oxygen atoms in total. The summed E-state index contributed by atoms with van der Waals surface area (Å²) in [4.78, 5) is 0. The quantitative estimate of drug-likeness (QED) is 0.674. The molecule has 2 atom stereocenters. The van der Waals surface area contributed by atoms with Gasteiger partial charge in [-0.05, 0) is 54.4 Å². The Kier molecular flexibility index (Phi) is 3.58. The van der Waals surface area contributed by atoms with Gasteiger partial charge in [-0.1, -0.05) is 44.6 Å². The second-order valence-corrected chi connectivity index (χ2v) is 6.40. The smallest absolute Gasteiger partial charge is 0.0316 e. The van der Waals surface area contributed by atoms with Crippen LogP contribution < -0.4 is 5.73 Å². The van der Waals surface area contributed by atoms with Gasteiger partial charge in [-0.15, -0.1) is 0 Å². The van der Waals surface area contributed by atoms with Gasteiger partial charge in [0.2, 0.25) is 0 Å². The van der Waals surface area contributed by atoms with Crippen LogP contribution in [-0.4, -0.2) is 0 Å². The van der Waals surface area contributed by atoms with Gasteiger partial charge in [0.1, 0.15) is 0 Å². The third-order valence-electron chi connectivity index (χ3n) is 4.89. The normalized spacial score (nSPS) is 28.4. The minimum atomic E-state index is 0.913. The minimum absolute atomic E-state index is 0.913. The Morgan fingerprint density at radius 1 is 0.833 bits per heavy atom. The summed E-state index contributed by atoms with van der Waals surface area (Å²) in [6.45, 7) is 0. The zero-order chi connectivity index (χ0) is 12.4. The molecule has 0 amide bonds. The topological polar surface area (TPSA) is 26.0 Å². The first kappa shape index (κ1) is 12.1. The van der Waals surface area contributed by atoms with E-state index < -0.39 is 0 Å². The lowest BCUT2D eigenvalue weighted by molar-refractivity contribution is 0.350. The monoisotopic (exact) mass is 243 g/mol. The molecule has 0 aliphatic heterocycles. The van der Waals surface area contributed by atoms with Crippen molar-refractivity contribution in [3.63, 3.8) is 0 Å². The largest absolute Gasteiger partial charge is 0.399 e. The van der Waals surface area contributed by atoms with Crippen LogP contribution >= 0.6 is 0 Å². The average Bonchev–Trinajstić information content (AvgIpc) is 2.42. The Bertz CT molecular complexity index is 410. The number of hydrogen-bond donors (Lipinski definition) is 1. The molecular weight excluding hydrogens is 218 g/mol. The van der Waals surface area contributed by atoms with Crippen LogP contribution in [0.5, 0.6) is 0 Å². The molecule has 3 rings (SSSR count). The highest BCUT2D eigenvalue weighted by Crippen LogP contribution is 2.35. The van der Waals surface area contributed by atoms with Crippen LogP contribution in [0.1, 0.15) is 56.1 Å². The lowest BCUT2D eigenvalue weighted by Crippen LogP contribution is -2.08. The maximum atomic E-state index is 5.96. The molecule has 1 aromatic rings. The van der Waals surface area contributed by atoms with E-state index in [0.29, 0.717) is 0 Å². The number of nitrogens with two attached hydrogens (primary N) is 1. The third-order valence-corrected chi connectivity index (χ3v) is 4.89. The van der Waals surface area contributed by atoms with Crippen LogP contribution in [0, 0.1) is 11.8 Å². The molecule has 18 heavy (non-hydrogen) atoms. The fourth-order valence-corrected chi connectivity index (χ4v) is 3.95. The van der Waals surface area contributed by atoms with E-state index >= 15 is 0 Å². The number of fused-ring (bicyclic) bond motifs is 3. The molecule has 2 unspecified atom stereocenters. The summed E-state index contributed by atoms with van der Waals surface area (Å²) in [6.07, 6.45) is 12.7. The van der Waals surface area contributed by atoms with E-state index in [2.05, 4.69) is 18.2 Å². The summed E-state index contributed by atoms with van der Waals surface area (Å²) in [7, 11) is 0. The molecule has 1 fully saturated rings. The molecule has 0 radical (unpaired) electrons. The van der Waals surface area contributed by atoms with Crippen LogP contribution in [0.25, 0.3) is 0 Å². The molecular formula is C17H25N. The fraction of sp³-hybridized carbons (Fsp3) is 0.647. The molecule has 0 saturated heterocycles. The highest BCUT2D eigenvalue weighted by Gasteiger charge is 2.24. The highest BCUT2D eigenvalue weighted by molar-refractivity contribution is 5.45. The Morgan fingerprint density at radius 3 is 2.22 bits per heavy atom. The first-order valence-corrected chi connectivity index (χ1v) is 7.68. The molecule has 0 heterocycles. The van der Waals surface area contributed by atoms with Crippen LogP contribution in [-0.2, 0) is 12.8 Å². The van der Waals surface area contributed by atoms with E-state index in [4.69, 9.17) is 5.73 Å². The van der Waals surface area contributed by atoms with Crippen molar-refractivity contribution < 1.29 is 0 Å². The van der Waals surface area contributed by atoms with Crippen molar-refractivity contribution in [2.45, 2.75) is 57.8 Å². The summed E-state index contributed by atoms with van der Waals surface area (Å²) in [5.74, 6) is 1.84. The minimum Gasteiger partial charge on any atom is -0.399 e. The zero-order valence-corrected chi connectivity index (χ0v) is 11.3. The standard InChI is InChI=1S/C17H25N/c18-17-8-7-15-10-13-5-3-1-2-4-6-14(9-13)11-16(15)12-17/h7-8,12-14H,1-6,9-11,18H2. The van der Waals surface area contributed by atoms with Crippen LogP contribution in [0.4, 0.5) is 5.69 Å². The zero-order valence-electron chi connectivity index (χ0n) is 11.3. The van der Waals surface area contributed by atoms with Crippen molar-refractivity contribution in [2.75, 3.05) is 5.73 Å². The van der Waals surface area contributed by atoms with E-state index in [1.807, 2.05) is 0 Å². The fourth-order valence-electron chi connectivity index (χ4n) is 3.95. The van der Waals surface area contributed by atoms with Crippen molar-refractivity contribution in [3.8, 4) is 0 Å². The molecule has 1 heteroatoms. The summed E-state index contributed by atoms with van der Waals surface area (Å²) < 4.78 is 0. The van der Waals surface area contributed by atoms with E-state index in [1.54, 1.807) is 11.1 Å². The van der Waals surface area contributed by atoms with Crippen LogP contribution in [0.3, 0.4) is 0 Å². The maximum absolute atomic E-state index is 5.96. The molecule has 98 valence electrons. The number of anilines is 1. The molecule has 0 spiro atoms. The summed E-state index contributed by atoms with van der Waals surface area (Å²) in [5.41, 5.74) is 10.0. The van der Waals surface area contributed by atoms with Gasteiger partial charge in [-0.3, -0.25) is 0 Å². The van der Waals surface area contributed by atoms with Crippen LogP contribution in [0.2, 0.25) is 0 Å². The summed E-state index contributed by atoms with van der Waals surface area (Å²) in [5, 5.41) is 0. The number of nitrogen functional groups attached to an aromatic ring is 1. The van der Waals surface area contributed by atoms with E-state index in [9.17, 15) is 0 Å². The Labute approximate surface area is 111 Å². The van der Waals surface area contributed by atoms with Gasteiger partial charge in [0, 0.05) is 5.69 Å². The summed E-state index contributed by atoms with van der Waals surface area (Å²) in [6, 6.07) is 6.60. The Balaban J connectivity index is 1.87. The van der Waals surface area contributed by atoms with Gasteiger partial charge in [-0.2, -0.15) is 0 Å². The van der Waals surface area contributed by atoms with Gasteiger partial charge >= 0.3 is 0 Å². The second-order valence-electron chi connectivity index (χ2n) is 6.40. The number of hydrogen-bond acceptors (Lipinski definition) is 1. The van der Waals surface area contributed by atoms with Crippen LogP contribution in [0.15, 0.2) is 18.2 Å². The molecule has 2 bridgehead atoms. The molecule has 2 aliphatic rings. The third kappa shape index (κ3) is 2.71. The highest BCUT2D eigenvalue weighted by atomic mass is 14.5. The SMILES string of the molecule is Nc1ccc2c(c1)CC1CCCCCCC(C2)C1. The van der Waals surface area contributed by atoms with Gasteiger partial charge < -0.3 is 5.73 Å². The molecule has 1 saturated carbocycles. The van der Waals surface area contributed by atoms with Gasteiger partial charge in [0.15, 0.2) is 0 Å². The van der Waals surface area contributed by atoms with Gasteiger partial charge in [0.25, 0.3) is 0 Å². The second kappa shape index (κ2) is 5.34. The Hall–Kier alpha value is -0.980. The average molecular weight is 243 g/mol.